The number of thiazole rings is 1. The molecular formula is C20H21N3O4S2. The van der Waals surface area contributed by atoms with Crippen LogP contribution in [-0.4, -0.2) is 36.9 Å². The molecule has 2 aromatic carbocycles. The Labute approximate surface area is 172 Å². The molecule has 0 radical (unpaired) electrons. The number of hydrogen-bond donors (Lipinski definition) is 1. The molecule has 2 heterocycles. The van der Waals surface area contributed by atoms with Crippen molar-refractivity contribution in [2.45, 2.75) is 30.8 Å². The van der Waals surface area contributed by atoms with Crippen LogP contribution in [0, 0.1) is 0 Å². The molecule has 1 fully saturated rings. The predicted octanol–water partition coefficient (Wildman–Crippen LogP) is 2.16. The van der Waals surface area contributed by atoms with Gasteiger partial charge in [-0.05, 0) is 36.6 Å². The van der Waals surface area contributed by atoms with Crippen LogP contribution < -0.4 is 9.60 Å². The number of rotatable bonds is 6. The smallest absolute Gasteiger partial charge is 0.308 e. The van der Waals surface area contributed by atoms with E-state index in [9.17, 15) is 18.0 Å². The van der Waals surface area contributed by atoms with Crippen molar-refractivity contribution in [2.24, 2.45) is 0 Å². The van der Waals surface area contributed by atoms with Gasteiger partial charge in [-0.15, -0.1) is 0 Å². The fourth-order valence-corrected chi connectivity index (χ4v) is 5.47. The number of benzene rings is 2. The lowest BCUT2D eigenvalue weighted by Crippen LogP contribution is -2.33. The molecule has 1 aromatic heterocycles. The standard InChI is InChI=1S/C20H21N3O4S2/c24-19(22-10-4-5-11-22)14-23-17-9-8-16(12-18(17)28-20(23)25)29(26,27)21-13-15-6-2-1-3-7-15/h1-3,6-9,12,21H,4-5,10-11,13-14H2. The van der Waals surface area contributed by atoms with Gasteiger partial charge in [0, 0.05) is 19.6 Å². The van der Waals surface area contributed by atoms with E-state index >= 15 is 0 Å². The van der Waals surface area contributed by atoms with Gasteiger partial charge < -0.3 is 4.90 Å². The van der Waals surface area contributed by atoms with E-state index in [-0.39, 0.29) is 28.8 Å². The number of nitrogens with zero attached hydrogens (tertiary/aromatic N) is 2. The predicted molar refractivity (Wildman–Crippen MR) is 112 cm³/mol. The number of carbonyl (C=O) groups is 1. The van der Waals surface area contributed by atoms with E-state index in [0.29, 0.717) is 10.2 Å². The summed E-state index contributed by atoms with van der Waals surface area (Å²) in [6.07, 6.45) is 1.98. The molecule has 1 aliphatic heterocycles. The fraction of sp³-hybridized carbons (Fsp3) is 0.300. The van der Waals surface area contributed by atoms with Crippen LogP contribution in [0.3, 0.4) is 0 Å². The summed E-state index contributed by atoms with van der Waals surface area (Å²) in [7, 11) is -3.72. The Hall–Kier alpha value is -2.49. The first-order chi connectivity index (χ1) is 13.9. The third kappa shape index (κ3) is 4.26. The minimum absolute atomic E-state index is 0.0167. The lowest BCUT2D eigenvalue weighted by atomic mass is 10.2. The molecule has 0 unspecified atom stereocenters. The van der Waals surface area contributed by atoms with Crippen LogP contribution >= 0.6 is 11.3 Å². The average molecular weight is 432 g/mol. The molecule has 3 aromatic rings. The number of likely N-dealkylation sites (tertiary alicyclic amines) is 1. The van der Waals surface area contributed by atoms with Crippen LogP contribution in [-0.2, 0) is 27.9 Å². The topological polar surface area (TPSA) is 88.5 Å². The summed E-state index contributed by atoms with van der Waals surface area (Å²) < 4.78 is 29.8. The Kier molecular flexibility index (Phi) is 5.53. The maximum Gasteiger partial charge on any atom is 0.308 e. The third-order valence-corrected chi connectivity index (χ3v) is 7.35. The second-order valence-electron chi connectivity index (χ2n) is 6.98. The molecule has 152 valence electrons. The summed E-state index contributed by atoms with van der Waals surface area (Å²) >= 11 is 0.952. The lowest BCUT2D eigenvalue weighted by molar-refractivity contribution is -0.130. The summed E-state index contributed by atoms with van der Waals surface area (Å²) in [4.78, 5) is 26.4. The fourth-order valence-electron chi connectivity index (χ4n) is 3.42. The van der Waals surface area contributed by atoms with Gasteiger partial charge in [0.2, 0.25) is 15.9 Å². The zero-order valence-electron chi connectivity index (χ0n) is 15.7. The Morgan fingerprint density at radius 3 is 2.52 bits per heavy atom. The molecule has 0 spiro atoms. The van der Waals surface area contributed by atoms with E-state index in [4.69, 9.17) is 0 Å². The summed E-state index contributed by atoms with van der Waals surface area (Å²) in [6, 6.07) is 13.8. The number of carbonyl (C=O) groups excluding carboxylic acids is 1. The minimum Gasteiger partial charge on any atom is -0.341 e. The molecule has 0 saturated carbocycles. The molecule has 1 aliphatic rings. The number of fused-ring (bicyclic) bond motifs is 1. The molecule has 4 rings (SSSR count). The van der Waals surface area contributed by atoms with Gasteiger partial charge in [0.05, 0.1) is 15.1 Å². The SMILES string of the molecule is O=C(Cn1c(=O)sc2cc(S(=O)(=O)NCc3ccccc3)ccc21)N1CCCC1. The minimum atomic E-state index is -3.72. The van der Waals surface area contributed by atoms with Crippen LogP contribution in [0.2, 0.25) is 0 Å². The van der Waals surface area contributed by atoms with E-state index in [1.54, 1.807) is 11.0 Å². The van der Waals surface area contributed by atoms with Gasteiger partial charge in [-0.1, -0.05) is 41.7 Å². The molecule has 29 heavy (non-hydrogen) atoms. The van der Waals surface area contributed by atoms with Crippen molar-refractivity contribution in [3.8, 4) is 0 Å². The lowest BCUT2D eigenvalue weighted by Gasteiger charge is -2.15. The summed E-state index contributed by atoms with van der Waals surface area (Å²) in [5.74, 6) is -0.0782. The largest absolute Gasteiger partial charge is 0.341 e. The van der Waals surface area contributed by atoms with Gasteiger partial charge in [-0.2, -0.15) is 0 Å². The Morgan fingerprint density at radius 1 is 1.07 bits per heavy atom. The van der Waals surface area contributed by atoms with Crippen LogP contribution in [0.15, 0.2) is 58.2 Å². The van der Waals surface area contributed by atoms with Crippen molar-refractivity contribution in [1.29, 1.82) is 0 Å². The summed E-state index contributed by atoms with van der Waals surface area (Å²) in [5, 5.41) is 0. The second-order valence-corrected chi connectivity index (χ2v) is 9.74. The normalized spacial score (nSPS) is 14.6. The van der Waals surface area contributed by atoms with Crippen LogP contribution in [0.5, 0.6) is 0 Å². The highest BCUT2D eigenvalue weighted by Crippen LogP contribution is 2.22. The van der Waals surface area contributed by atoms with Gasteiger partial charge >= 0.3 is 4.87 Å². The quantitative estimate of drug-likeness (QED) is 0.648. The third-order valence-electron chi connectivity index (χ3n) is 5.01. The second kappa shape index (κ2) is 8.10. The van der Waals surface area contributed by atoms with E-state index in [2.05, 4.69) is 4.72 Å². The number of sulfonamides is 1. The van der Waals surface area contributed by atoms with Crippen molar-refractivity contribution in [1.82, 2.24) is 14.2 Å². The first-order valence-electron chi connectivity index (χ1n) is 9.39. The van der Waals surface area contributed by atoms with Gasteiger partial charge in [-0.3, -0.25) is 14.2 Å². The first-order valence-corrected chi connectivity index (χ1v) is 11.7. The molecule has 1 saturated heterocycles. The maximum atomic E-state index is 12.6. The monoisotopic (exact) mass is 431 g/mol. The van der Waals surface area contributed by atoms with E-state index < -0.39 is 10.0 Å². The molecule has 0 atom stereocenters. The zero-order valence-corrected chi connectivity index (χ0v) is 17.3. The number of aromatic nitrogens is 1. The van der Waals surface area contributed by atoms with Crippen LogP contribution in [0.4, 0.5) is 0 Å². The molecule has 9 heteroatoms. The number of hydrogen-bond acceptors (Lipinski definition) is 5. The Balaban J connectivity index is 1.56. The Bertz CT molecular complexity index is 1190. The number of amides is 1. The van der Waals surface area contributed by atoms with Crippen LogP contribution in [0.25, 0.3) is 10.2 Å². The van der Waals surface area contributed by atoms with E-state index in [1.165, 1.54) is 16.7 Å². The van der Waals surface area contributed by atoms with Crippen LogP contribution in [0.1, 0.15) is 18.4 Å². The van der Waals surface area contributed by atoms with Gasteiger partial charge in [0.1, 0.15) is 6.54 Å². The zero-order chi connectivity index (χ0) is 20.4. The van der Waals surface area contributed by atoms with E-state index in [1.807, 2.05) is 30.3 Å². The van der Waals surface area contributed by atoms with Gasteiger partial charge in [-0.25, -0.2) is 13.1 Å². The summed E-state index contributed by atoms with van der Waals surface area (Å²) in [6.45, 7) is 1.62. The molecule has 0 aliphatic carbocycles. The average Bonchev–Trinajstić information content (AvgIpc) is 3.35. The molecule has 0 bridgehead atoms. The maximum absolute atomic E-state index is 12.6. The molecular weight excluding hydrogens is 410 g/mol. The van der Waals surface area contributed by atoms with E-state index in [0.717, 1.165) is 42.8 Å². The van der Waals surface area contributed by atoms with Crippen molar-refractivity contribution in [3.05, 3.63) is 63.8 Å². The molecule has 1 amide bonds. The van der Waals surface area contributed by atoms with Crippen molar-refractivity contribution >= 4 is 37.5 Å². The first kappa shape index (κ1) is 19.8. The highest BCUT2D eigenvalue weighted by Gasteiger charge is 2.21. The van der Waals surface area contributed by atoms with Crippen molar-refractivity contribution < 1.29 is 13.2 Å². The molecule has 7 nitrogen and oxygen atoms in total. The van der Waals surface area contributed by atoms with Crippen molar-refractivity contribution in [3.63, 3.8) is 0 Å². The highest BCUT2D eigenvalue weighted by molar-refractivity contribution is 7.89. The number of nitrogens with one attached hydrogen (secondary N) is 1. The molecule has 1 N–H and O–H groups in total. The van der Waals surface area contributed by atoms with Crippen molar-refractivity contribution in [2.75, 3.05) is 13.1 Å². The summed E-state index contributed by atoms with van der Waals surface area (Å²) in [5.41, 5.74) is 1.43. The Morgan fingerprint density at radius 2 is 1.79 bits per heavy atom. The highest BCUT2D eigenvalue weighted by atomic mass is 32.2. The van der Waals surface area contributed by atoms with Gasteiger partial charge in [0.15, 0.2) is 0 Å². The van der Waals surface area contributed by atoms with Gasteiger partial charge in [0.25, 0.3) is 0 Å².